The van der Waals surface area contributed by atoms with E-state index in [0.717, 1.165) is 35.9 Å². The van der Waals surface area contributed by atoms with Crippen LogP contribution in [0.25, 0.3) is 0 Å². The first-order valence-corrected chi connectivity index (χ1v) is 9.59. The molecule has 3 rings (SSSR count). The Morgan fingerprint density at radius 1 is 1.21 bits per heavy atom. The summed E-state index contributed by atoms with van der Waals surface area (Å²) in [6, 6.07) is 15.6. The number of nitrogens with zero attached hydrogens (tertiary/aromatic N) is 1. The van der Waals surface area contributed by atoms with E-state index in [1.807, 2.05) is 36.4 Å². The van der Waals surface area contributed by atoms with Crippen molar-refractivity contribution in [2.24, 2.45) is 10.7 Å². The van der Waals surface area contributed by atoms with Crippen molar-refractivity contribution in [1.29, 1.82) is 0 Å². The molecule has 0 saturated heterocycles. The van der Waals surface area contributed by atoms with Crippen LogP contribution in [0.4, 0.5) is 0 Å². The molecule has 1 aliphatic rings. The first-order valence-electron chi connectivity index (χ1n) is 9.21. The van der Waals surface area contributed by atoms with E-state index in [1.54, 1.807) is 13.1 Å². The highest BCUT2D eigenvalue weighted by atomic mass is 35.5. The number of amides is 1. The average Bonchev–Trinajstić information content (AvgIpc) is 3.48. The molecule has 1 saturated carbocycles. The molecule has 0 bridgehead atoms. The molecule has 0 aliphatic heterocycles. The van der Waals surface area contributed by atoms with Gasteiger partial charge in [-0.2, -0.15) is 0 Å². The normalized spacial score (nSPS) is 15.0. The number of guanidine groups is 1. The molecule has 0 heterocycles. The van der Waals surface area contributed by atoms with Gasteiger partial charge in [0, 0.05) is 30.6 Å². The van der Waals surface area contributed by atoms with Crippen molar-refractivity contribution in [3.8, 4) is 5.75 Å². The maximum atomic E-state index is 10.8. The third kappa shape index (κ3) is 5.39. The molecule has 28 heavy (non-hydrogen) atoms. The summed E-state index contributed by atoms with van der Waals surface area (Å²) >= 11 is 6.15. The highest BCUT2D eigenvalue weighted by Gasteiger charge is 2.44. The molecule has 148 valence electrons. The van der Waals surface area contributed by atoms with E-state index in [2.05, 4.69) is 21.7 Å². The molecule has 6 nitrogen and oxygen atoms in total. The van der Waals surface area contributed by atoms with Crippen LogP contribution in [0.15, 0.2) is 53.5 Å². The van der Waals surface area contributed by atoms with E-state index < -0.39 is 5.91 Å². The van der Waals surface area contributed by atoms with Gasteiger partial charge in [-0.15, -0.1) is 0 Å². The zero-order valence-electron chi connectivity index (χ0n) is 15.9. The SMILES string of the molecule is CN=C(NCc1cccc(OCC(N)=O)c1)NCC1(c2cccc(Cl)c2)CC1. The number of hydrogen-bond donors (Lipinski definition) is 3. The molecule has 4 N–H and O–H groups in total. The Morgan fingerprint density at radius 3 is 2.68 bits per heavy atom. The molecule has 0 aromatic heterocycles. The number of hydrogen-bond acceptors (Lipinski definition) is 3. The molecule has 0 unspecified atom stereocenters. The van der Waals surface area contributed by atoms with E-state index in [1.165, 1.54) is 5.56 Å². The van der Waals surface area contributed by atoms with Crippen molar-refractivity contribution in [2.75, 3.05) is 20.2 Å². The van der Waals surface area contributed by atoms with Gasteiger partial charge in [0.15, 0.2) is 12.6 Å². The van der Waals surface area contributed by atoms with Crippen molar-refractivity contribution < 1.29 is 9.53 Å². The van der Waals surface area contributed by atoms with Gasteiger partial charge >= 0.3 is 0 Å². The topological polar surface area (TPSA) is 88.7 Å². The van der Waals surface area contributed by atoms with Gasteiger partial charge in [0.05, 0.1) is 0 Å². The average molecular weight is 401 g/mol. The highest BCUT2D eigenvalue weighted by Crippen LogP contribution is 2.48. The lowest BCUT2D eigenvalue weighted by molar-refractivity contribution is -0.119. The summed E-state index contributed by atoms with van der Waals surface area (Å²) in [5.41, 5.74) is 7.52. The summed E-state index contributed by atoms with van der Waals surface area (Å²) < 4.78 is 5.34. The van der Waals surface area contributed by atoms with Gasteiger partial charge in [0.1, 0.15) is 5.75 Å². The van der Waals surface area contributed by atoms with Crippen LogP contribution in [0.2, 0.25) is 5.02 Å². The van der Waals surface area contributed by atoms with Crippen molar-refractivity contribution >= 4 is 23.5 Å². The zero-order chi connectivity index (χ0) is 20.0. The third-order valence-corrected chi connectivity index (χ3v) is 5.08. The molecule has 2 aromatic rings. The van der Waals surface area contributed by atoms with Gasteiger partial charge in [-0.25, -0.2) is 0 Å². The van der Waals surface area contributed by atoms with Gasteiger partial charge in [0.2, 0.25) is 0 Å². The number of rotatable bonds is 8. The van der Waals surface area contributed by atoms with Crippen molar-refractivity contribution in [3.05, 3.63) is 64.7 Å². The minimum atomic E-state index is -0.498. The van der Waals surface area contributed by atoms with Crippen LogP contribution in [0, 0.1) is 0 Å². The Balaban J connectivity index is 1.53. The van der Waals surface area contributed by atoms with Crippen molar-refractivity contribution in [2.45, 2.75) is 24.8 Å². The summed E-state index contributed by atoms with van der Waals surface area (Å²) in [5.74, 6) is 0.845. The minimum absolute atomic E-state index is 0.130. The molecule has 2 aromatic carbocycles. The molecule has 1 amide bonds. The maximum absolute atomic E-state index is 10.8. The van der Waals surface area contributed by atoms with Crippen LogP contribution in [-0.2, 0) is 16.8 Å². The van der Waals surface area contributed by atoms with E-state index >= 15 is 0 Å². The summed E-state index contributed by atoms with van der Waals surface area (Å²) in [7, 11) is 1.75. The predicted octanol–water partition coefficient (Wildman–Crippen LogP) is 2.60. The standard InChI is InChI=1S/C21H25ClN4O2/c1-24-20(25-12-15-4-2-7-18(10-15)28-13-19(23)27)26-14-21(8-9-21)16-5-3-6-17(22)11-16/h2-7,10-11H,8-9,12-14H2,1H3,(H2,23,27)(H2,24,25,26). The van der Waals surface area contributed by atoms with Gasteiger partial charge in [0.25, 0.3) is 5.91 Å². The molecule has 0 radical (unpaired) electrons. The maximum Gasteiger partial charge on any atom is 0.255 e. The Labute approximate surface area is 170 Å². The summed E-state index contributed by atoms with van der Waals surface area (Å²) in [5, 5.41) is 7.49. The van der Waals surface area contributed by atoms with Crippen molar-refractivity contribution in [3.63, 3.8) is 0 Å². The molecule has 0 spiro atoms. The lowest BCUT2D eigenvalue weighted by Gasteiger charge is -2.19. The largest absolute Gasteiger partial charge is 0.484 e. The number of halogens is 1. The van der Waals surface area contributed by atoms with Crippen LogP contribution in [0.3, 0.4) is 0 Å². The smallest absolute Gasteiger partial charge is 0.255 e. The second-order valence-electron chi connectivity index (χ2n) is 6.97. The van der Waals surface area contributed by atoms with Crippen molar-refractivity contribution in [1.82, 2.24) is 10.6 Å². The number of benzene rings is 2. The number of ether oxygens (including phenoxy) is 1. The Kier molecular flexibility index (Phi) is 6.41. The van der Waals surface area contributed by atoms with Gasteiger partial charge in [-0.3, -0.25) is 9.79 Å². The quantitative estimate of drug-likeness (QED) is 0.469. The second-order valence-corrected chi connectivity index (χ2v) is 7.41. The molecular weight excluding hydrogens is 376 g/mol. The summed E-state index contributed by atoms with van der Waals surface area (Å²) in [6.45, 7) is 1.25. The van der Waals surface area contributed by atoms with Crippen LogP contribution >= 0.6 is 11.6 Å². The monoisotopic (exact) mass is 400 g/mol. The van der Waals surface area contributed by atoms with Gasteiger partial charge < -0.3 is 21.1 Å². The number of nitrogens with one attached hydrogen (secondary N) is 2. The molecular formula is C21H25ClN4O2. The number of nitrogens with two attached hydrogens (primary N) is 1. The second kappa shape index (κ2) is 8.97. The summed E-state index contributed by atoms with van der Waals surface area (Å²) in [4.78, 5) is 15.1. The van der Waals surface area contributed by atoms with Crippen LogP contribution in [0.1, 0.15) is 24.0 Å². The lowest BCUT2D eigenvalue weighted by atomic mass is 9.96. The van der Waals surface area contributed by atoms with Gasteiger partial charge in [-0.05, 0) is 48.2 Å². The fourth-order valence-corrected chi connectivity index (χ4v) is 3.29. The predicted molar refractivity (Wildman–Crippen MR) is 112 cm³/mol. The Hall–Kier alpha value is -2.73. The highest BCUT2D eigenvalue weighted by molar-refractivity contribution is 6.30. The number of carbonyl (C=O) groups is 1. The van der Waals surface area contributed by atoms with E-state index in [-0.39, 0.29) is 12.0 Å². The van der Waals surface area contributed by atoms with Crippen LogP contribution < -0.4 is 21.1 Å². The lowest BCUT2D eigenvalue weighted by Crippen LogP contribution is -2.40. The van der Waals surface area contributed by atoms with Crippen LogP contribution in [-0.4, -0.2) is 32.1 Å². The van der Waals surface area contributed by atoms with Gasteiger partial charge in [-0.1, -0.05) is 35.9 Å². The number of aliphatic imine (C=N–C) groups is 1. The minimum Gasteiger partial charge on any atom is -0.484 e. The molecule has 1 fully saturated rings. The first-order chi connectivity index (χ1) is 13.5. The Bertz CT molecular complexity index is 865. The van der Waals surface area contributed by atoms with E-state index in [9.17, 15) is 4.79 Å². The zero-order valence-corrected chi connectivity index (χ0v) is 16.6. The molecule has 0 atom stereocenters. The molecule has 7 heteroatoms. The third-order valence-electron chi connectivity index (χ3n) is 4.85. The summed E-state index contributed by atoms with van der Waals surface area (Å²) in [6.07, 6.45) is 2.27. The number of primary amides is 1. The number of carbonyl (C=O) groups excluding carboxylic acids is 1. The Morgan fingerprint density at radius 2 is 2.00 bits per heavy atom. The van der Waals surface area contributed by atoms with E-state index in [0.29, 0.717) is 12.3 Å². The molecule has 1 aliphatic carbocycles. The fourth-order valence-electron chi connectivity index (χ4n) is 3.10. The fraction of sp³-hybridized carbons (Fsp3) is 0.333. The first kappa shape index (κ1) is 20.0. The van der Waals surface area contributed by atoms with Crippen LogP contribution in [0.5, 0.6) is 5.75 Å². The van der Waals surface area contributed by atoms with E-state index in [4.69, 9.17) is 22.1 Å².